The van der Waals surface area contributed by atoms with Gasteiger partial charge in [0.1, 0.15) is 14.3 Å². The molecule has 3 rings (SSSR count). The topological polar surface area (TPSA) is 84.1 Å². The van der Waals surface area contributed by atoms with Gasteiger partial charge in [-0.2, -0.15) is 5.10 Å². The average molecular weight is 378 g/mol. The van der Waals surface area contributed by atoms with Gasteiger partial charge in [-0.15, -0.1) is 11.3 Å². The number of thiophene rings is 1. The van der Waals surface area contributed by atoms with Gasteiger partial charge in [0.25, 0.3) is 10.0 Å². The standard InChI is InChI=1S/C12H9Cl2N3O3S2/c1-20-8-4-2-3-7-10(8)12(16-15-7)17-22(18,19)9-5-6(13)11(14)21-9/h2-5H,1H3,(H2,15,16,17). The predicted molar refractivity (Wildman–Crippen MR) is 87.8 cm³/mol. The Morgan fingerprint density at radius 3 is 2.77 bits per heavy atom. The second kappa shape index (κ2) is 5.62. The van der Waals surface area contributed by atoms with Gasteiger partial charge in [-0.05, 0) is 18.2 Å². The highest BCUT2D eigenvalue weighted by Gasteiger charge is 2.22. The molecule has 0 aliphatic carbocycles. The van der Waals surface area contributed by atoms with E-state index < -0.39 is 10.0 Å². The maximum Gasteiger partial charge on any atom is 0.272 e. The van der Waals surface area contributed by atoms with Crippen LogP contribution in [0, 0.1) is 0 Å². The summed E-state index contributed by atoms with van der Waals surface area (Å²) in [6.07, 6.45) is 0. The number of anilines is 1. The molecular weight excluding hydrogens is 369 g/mol. The van der Waals surface area contributed by atoms with Gasteiger partial charge in [-0.1, -0.05) is 29.3 Å². The van der Waals surface area contributed by atoms with Gasteiger partial charge in [0.2, 0.25) is 0 Å². The SMILES string of the molecule is COc1cccc2[nH]nc(NS(=O)(=O)c3cc(Cl)c(Cl)s3)c12. The molecule has 0 atom stereocenters. The van der Waals surface area contributed by atoms with Crippen molar-refractivity contribution >= 4 is 61.3 Å². The molecule has 0 amide bonds. The zero-order valence-electron chi connectivity index (χ0n) is 11.1. The van der Waals surface area contributed by atoms with E-state index in [2.05, 4.69) is 14.9 Å². The van der Waals surface area contributed by atoms with E-state index in [0.717, 1.165) is 11.3 Å². The number of hydrogen-bond donors (Lipinski definition) is 2. The van der Waals surface area contributed by atoms with Crippen LogP contribution in [-0.2, 0) is 10.0 Å². The predicted octanol–water partition coefficient (Wildman–Crippen LogP) is 3.74. The molecule has 0 bridgehead atoms. The Bertz CT molecular complexity index is 930. The van der Waals surface area contributed by atoms with Crippen LogP contribution in [0.15, 0.2) is 28.5 Å². The number of aromatic amines is 1. The van der Waals surface area contributed by atoms with Crippen LogP contribution in [0.4, 0.5) is 5.82 Å². The third-order valence-electron chi connectivity index (χ3n) is 2.89. The van der Waals surface area contributed by atoms with E-state index in [1.807, 2.05) is 0 Å². The molecule has 0 saturated carbocycles. The first-order valence-corrected chi connectivity index (χ1v) is 8.96. The molecule has 0 saturated heterocycles. The highest BCUT2D eigenvalue weighted by molar-refractivity contribution is 7.94. The third-order valence-corrected chi connectivity index (χ3v) is 6.57. The highest BCUT2D eigenvalue weighted by atomic mass is 35.5. The molecule has 0 aliphatic heterocycles. The number of rotatable bonds is 4. The second-order valence-corrected chi connectivity index (χ2v) is 8.22. The van der Waals surface area contributed by atoms with E-state index in [0.29, 0.717) is 16.7 Å². The minimum Gasteiger partial charge on any atom is -0.496 e. The molecular formula is C12H9Cl2N3O3S2. The third kappa shape index (κ3) is 2.63. The van der Waals surface area contributed by atoms with E-state index in [1.165, 1.54) is 13.2 Å². The first-order chi connectivity index (χ1) is 10.4. The van der Waals surface area contributed by atoms with Gasteiger partial charge < -0.3 is 4.74 Å². The number of sulfonamides is 1. The summed E-state index contributed by atoms with van der Waals surface area (Å²) in [6.45, 7) is 0. The zero-order chi connectivity index (χ0) is 15.9. The monoisotopic (exact) mass is 377 g/mol. The summed E-state index contributed by atoms with van der Waals surface area (Å²) in [7, 11) is -2.34. The number of H-pyrrole nitrogens is 1. The van der Waals surface area contributed by atoms with Crippen LogP contribution in [0.25, 0.3) is 10.9 Å². The lowest BCUT2D eigenvalue weighted by molar-refractivity contribution is 0.420. The van der Waals surface area contributed by atoms with Crippen LogP contribution in [0.1, 0.15) is 0 Å². The Labute approximate surface area is 140 Å². The van der Waals surface area contributed by atoms with Crippen molar-refractivity contribution in [1.29, 1.82) is 0 Å². The summed E-state index contributed by atoms with van der Waals surface area (Å²) < 4.78 is 32.7. The van der Waals surface area contributed by atoms with E-state index in [1.54, 1.807) is 18.2 Å². The summed E-state index contributed by atoms with van der Waals surface area (Å²) in [5.74, 6) is 0.652. The highest BCUT2D eigenvalue weighted by Crippen LogP contribution is 2.36. The van der Waals surface area contributed by atoms with Gasteiger partial charge >= 0.3 is 0 Å². The van der Waals surface area contributed by atoms with Crippen LogP contribution >= 0.6 is 34.5 Å². The largest absolute Gasteiger partial charge is 0.496 e. The van der Waals surface area contributed by atoms with E-state index in [-0.39, 0.29) is 19.4 Å². The Hall–Kier alpha value is -1.48. The van der Waals surface area contributed by atoms with Crippen molar-refractivity contribution in [2.24, 2.45) is 0 Å². The van der Waals surface area contributed by atoms with E-state index >= 15 is 0 Å². The van der Waals surface area contributed by atoms with E-state index in [4.69, 9.17) is 27.9 Å². The summed E-state index contributed by atoms with van der Waals surface area (Å²) in [5, 5.41) is 7.47. The lowest BCUT2D eigenvalue weighted by Crippen LogP contribution is -2.12. The fraction of sp³-hybridized carbons (Fsp3) is 0.0833. The summed E-state index contributed by atoms with van der Waals surface area (Å²) in [4.78, 5) is 0. The number of ether oxygens (including phenoxy) is 1. The molecule has 10 heteroatoms. The van der Waals surface area contributed by atoms with Crippen molar-refractivity contribution < 1.29 is 13.2 Å². The normalized spacial score (nSPS) is 11.8. The fourth-order valence-corrected chi connectivity index (χ4v) is 4.82. The lowest BCUT2D eigenvalue weighted by Gasteiger charge is -2.05. The minimum atomic E-state index is -3.84. The van der Waals surface area contributed by atoms with E-state index in [9.17, 15) is 8.42 Å². The minimum absolute atomic E-state index is 0.00791. The smallest absolute Gasteiger partial charge is 0.272 e. The molecule has 22 heavy (non-hydrogen) atoms. The number of nitrogens with one attached hydrogen (secondary N) is 2. The van der Waals surface area contributed by atoms with Crippen LogP contribution in [0.3, 0.4) is 0 Å². The molecule has 0 fully saturated rings. The number of aromatic nitrogens is 2. The van der Waals surface area contributed by atoms with Crippen molar-refractivity contribution in [2.45, 2.75) is 4.21 Å². The molecule has 6 nitrogen and oxygen atoms in total. The Balaban J connectivity index is 2.06. The van der Waals surface area contributed by atoms with Crippen LogP contribution in [0.2, 0.25) is 9.36 Å². The van der Waals surface area contributed by atoms with Crippen LogP contribution < -0.4 is 9.46 Å². The molecule has 0 aliphatic rings. The average Bonchev–Trinajstić information content (AvgIpc) is 3.03. The lowest BCUT2D eigenvalue weighted by atomic mass is 10.2. The number of halogens is 2. The quantitative estimate of drug-likeness (QED) is 0.724. The first kappa shape index (κ1) is 15.4. The van der Waals surface area contributed by atoms with Crippen molar-refractivity contribution in [2.75, 3.05) is 11.8 Å². The summed E-state index contributed by atoms with van der Waals surface area (Å²) in [6, 6.07) is 6.55. The van der Waals surface area contributed by atoms with Gasteiger partial charge in [0.05, 0.1) is 23.0 Å². The molecule has 2 heterocycles. The zero-order valence-corrected chi connectivity index (χ0v) is 14.2. The molecule has 0 unspecified atom stereocenters. The molecule has 3 aromatic rings. The second-order valence-electron chi connectivity index (χ2n) is 4.25. The van der Waals surface area contributed by atoms with Crippen molar-refractivity contribution in [3.63, 3.8) is 0 Å². The molecule has 0 radical (unpaired) electrons. The van der Waals surface area contributed by atoms with Crippen LogP contribution in [0.5, 0.6) is 5.75 Å². The Morgan fingerprint density at radius 2 is 2.14 bits per heavy atom. The number of nitrogens with zero attached hydrogens (tertiary/aromatic N) is 1. The Kier molecular flexibility index (Phi) is 3.94. The van der Waals surface area contributed by atoms with Crippen molar-refractivity contribution in [1.82, 2.24) is 10.2 Å². The molecule has 2 aromatic heterocycles. The molecule has 1 aromatic carbocycles. The molecule has 2 N–H and O–H groups in total. The first-order valence-electron chi connectivity index (χ1n) is 5.91. The molecule has 116 valence electrons. The number of fused-ring (bicyclic) bond motifs is 1. The summed E-state index contributed by atoms with van der Waals surface area (Å²) in [5.41, 5.74) is 0.652. The number of benzene rings is 1. The summed E-state index contributed by atoms with van der Waals surface area (Å²) >= 11 is 12.5. The molecule has 0 spiro atoms. The van der Waals surface area contributed by atoms with Gasteiger partial charge in [-0.3, -0.25) is 9.82 Å². The van der Waals surface area contributed by atoms with Crippen molar-refractivity contribution in [3.8, 4) is 5.75 Å². The Morgan fingerprint density at radius 1 is 1.36 bits per heavy atom. The number of hydrogen-bond acceptors (Lipinski definition) is 5. The van der Waals surface area contributed by atoms with Gasteiger partial charge in [-0.25, -0.2) is 8.42 Å². The maximum atomic E-state index is 12.4. The van der Waals surface area contributed by atoms with Crippen molar-refractivity contribution in [3.05, 3.63) is 33.6 Å². The number of methoxy groups -OCH3 is 1. The van der Waals surface area contributed by atoms with Gasteiger partial charge in [0.15, 0.2) is 5.82 Å². The maximum absolute atomic E-state index is 12.4. The van der Waals surface area contributed by atoms with Crippen LogP contribution in [-0.4, -0.2) is 25.7 Å². The van der Waals surface area contributed by atoms with Gasteiger partial charge in [0, 0.05) is 0 Å². The fourth-order valence-electron chi connectivity index (χ4n) is 1.92.